The van der Waals surface area contributed by atoms with Crippen LogP contribution in [0.25, 0.3) is 0 Å². The van der Waals surface area contributed by atoms with Gasteiger partial charge < -0.3 is 16.3 Å². The Bertz CT molecular complexity index is 485. The van der Waals surface area contributed by atoms with Crippen LogP contribution in [0, 0.1) is 11.2 Å². The number of nitrogens with one attached hydrogen (secondary N) is 1. The summed E-state index contributed by atoms with van der Waals surface area (Å²) in [5.41, 5.74) is 6.69. The Morgan fingerprint density at radius 3 is 2.78 bits per heavy atom. The van der Waals surface area contributed by atoms with Gasteiger partial charge in [0.15, 0.2) is 5.84 Å². The zero-order valence-electron chi connectivity index (χ0n) is 10.6. The van der Waals surface area contributed by atoms with Gasteiger partial charge in [-0.2, -0.15) is 0 Å². The fourth-order valence-electron chi connectivity index (χ4n) is 1.96. The van der Waals surface area contributed by atoms with E-state index in [0.29, 0.717) is 29.1 Å². The molecule has 98 valence electrons. The number of oxime groups is 1. The molecule has 18 heavy (non-hydrogen) atoms. The van der Waals surface area contributed by atoms with E-state index >= 15 is 0 Å². The molecule has 0 radical (unpaired) electrons. The first-order chi connectivity index (χ1) is 8.44. The Morgan fingerprint density at radius 1 is 1.61 bits per heavy atom. The van der Waals surface area contributed by atoms with Gasteiger partial charge >= 0.3 is 0 Å². The number of rotatable bonds is 4. The van der Waals surface area contributed by atoms with Crippen molar-refractivity contribution < 1.29 is 9.60 Å². The molecular formula is C13H18FN3O. The Labute approximate surface area is 106 Å². The minimum absolute atomic E-state index is 0.0864. The highest BCUT2D eigenvalue weighted by Crippen LogP contribution is 2.44. The topological polar surface area (TPSA) is 70.6 Å². The maximum atomic E-state index is 13.8. The molecule has 4 N–H and O–H groups in total. The van der Waals surface area contributed by atoms with Crippen LogP contribution in [0.2, 0.25) is 0 Å². The normalized spacial score (nSPS) is 21.9. The maximum Gasteiger partial charge on any atom is 0.170 e. The quantitative estimate of drug-likeness (QED) is 0.331. The van der Waals surface area contributed by atoms with E-state index in [-0.39, 0.29) is 11.7 Å². The van der Waals surface area contributed by atoms with E-state index < -0.39 is 0 Å². The van der Waals surface area contributed by atoms with Crippen molar-refractivity contribution in [3.05, 3.63) is 35.1 Å². The number of benzene rings is 1. The van der Waals surface area contributed by atoms with Crippen molar-refractivity contribution in [2.45, 2.75) is 32.9 Å². The molecular weight excluding hydrogens is 233 g/mol. The Kier molecular flexibility index (Phi) is 3.26. The highest BCUT2D eigenvalue weighted by atomic mass is 19.1. The summed E-state index contributed by atoms with van der Waals surface area (Å²) in [5, 5.41) is 14.7. The second-order valence-electron chi connectivity index (χ2n) is 5.42. The molecule has 1 aromatic carbocycles. The van der Waals surface area contributed by atoms with Crippen LogP contribution < -0.4 is 11.1 Å². The number of hydrogen-bond acceptors (Lipinski definition) is 3. The van der Waals surface area contributed by atoms with Crippen molar-refractivity contribution in [3.63, 3.8) is 0 Å². The zero-order chi connectivity index (χ0) is 13.3. The van der Waals surface area contributed by atoms with E-state index in [2.05, 4.69) is 24.3 Å². The summed E-state index contributed by atoms with van der Waals surface area (Å²) in [7, 11) is 0. The molecule has 0 bridgehead atoms. The third-order valence-electron chi connectivity index (χ3n) is 3.51. The zero-order valence-corrected chi connectivity index (χ0v) is 10.6. The van der Waals surface area contributed by atoms with Gasteiger partial charge in [-0.1, -0.05) is 31.1 Å². The SMILES string of the molecule is CC1(C)CC1NCc1ccc(C(N)=NO)cc1F. The molecule has 1 aliphatic carbocycles. The maximum absolute atomic E-state index is 13.8. The van der Waals surface area contributed by atoms with Crippen LogP contribution in [0.4, 0.5) is 4.39 Å². The number of nitrogens with two attached hydrogens (primary N) is 1. The minimum Gasteiger partial charge on any atom is -0.409 e. The lowest BCUT2D eigenvalue weighted by molar-refractivity contribution is 0.318. The minimum atomic E-state index is -0.343. The Balaban J connectivity index is 2.02. The van der Waals surface area contributed by atoms with Gasteiger partial charge in [0.1, 0.15) is 5.82 Å². The highest BCUT2D eigenvalue weighted by Gasteiger charge is 2.45. The average Bonchev–Trinajstić information content (AvgIpc) is 2.94. The van der Waals surface area contributed by atoms with Gasteiger partial charge in [-0.05, 0) is 17.9 Å². The molecule has 1 fully saturated rings. The van der Waals surface area contributed by atoms with E-state index in [1.165, 1.54) is 6.07 Å². The standard InChI is InChI=1S/C13H18FN3O/c1-13(2)6-11(13)16-7-9-4-3-8(5-10(9)14)12(15)17-18/h3-5,11,16,18H,6-7H2,1-2H3,(H2,15,17). The first-order valence-corrected chi connectivity index (χ1v) is 5.94. The van der Waals surface area contributed by atoms with Crippen LogP contribution in [0.3, 0.4) is 0 Å². The Hall–Kier alpha value is -1.62. The third-order valence-corrected chi connectivity index (χ3v) is 3.51. The fourth-order valence-corrected chi connectivity index (χ4v) is 1.96. The lowest BCUT2D eigenvalue weighted by Gasteiger charge is -2.08. The molecule has 0 aromatic heterocycles. The van der Waals surface area contributed by atoms with Gasteiger partial charge in [0.2, 0.25) is 0 Å². The molecule has 0 amide bonds. The van der Waals surface area contributed by atoms with Crippen LogP contribution in [0.5, 0.6) is 0 Å². The predicted molar refractivity (Wildman–Crippen MR) is 67.9 cm³/mol. The lowest BCUT2D eigenvalue weighted by atomic mass is 10.1. The van der Waals surface area contributed by atoms with Gasteiger partial charge in [-0.25, -0.2) is 4.39 Å². The highest BCUT2D eigenvalue weighted by molar-refractivity contribution is 5.97. The van der Waals surface area contributed by atoms with Crippen molar-refractivity contribution in [2.75, 3.05) is 0 Å². The van der Waals surface area contributed by atoms with Crippen LogP contribution in [-0.4, -0.2) is 17.1 Å². The van der Waals surface area contributed by atoms with Crippen LogP contribution in [-0.2, 0) is 6.54 Å². The molecule has 0 aliphatic heterocycles. The van der Waals surface area contributed by atoms with Gasteiger partial charge in [0.25, 0.3) is 0 Å². The predicted octanol–water partition coefficient (Wildman–Crippen LogP) is 1.81. The summed E-state index contributed by atoms with van der Waals surface area (Å²) in [6.07, 6.45) is 1.12. The monoisotopic (exact) mass is 251 g/mol. The van der Waals surface area contributed by atoms with Crippen molar-refractivity contribution in [3.8, 4) is 0 Å². The van der Waals surface area contributed by atoms with Gasteiger partial charge in [-0.15, -0.1) is 0 Å². The molecule has 0 spiro atoms. The number of amidine groups is 1. The van der Waals surface area contributed by atoms with Crippen LogP contribution in [0.1, 0.15) is 31.4 Å². The Morgan fingerprint density at radius 2 is 2.28 bits per heavy atom. The summed E-state index contributed by atoms with van der Waals surface area (Å²) >= 11 is 0. The fraction of sp³-hybridized carbons (Fsp3) is 0.462. The van der Waals surface area contributed by atoms with Gasteiger partial charge in [0, 0.05) is 23.7 Å². The first-order valence-electron chi connectivity index (χ1n) is 5.94. The number of halogens is 1. The van der Waals surface area contributed by atoms with Crippen LogP contribution in [0.15, 0.2) is 23.4 Å². The summed E-state index contributed by atoms with van der Waals surface area (Å²) in [4.78, 5) is 0. The molecule has 0 saturated heterocycles. The summed E-state index contributed by atoms with van der Waals surface area (Å²) in [5.74, 6) is -0.429. The summed E-state index contributed by atoms with van der Waals surface area (Å²) in [6.45, 7) is 4.86. The number of nitrogens with zero attached hydrogens (tertiary/aromatic N) is 1. The molecule has 5 heteroatoms. The van der Waals surface area contributed by atoms with E-state index in [1.807, 2.05) is 0 Å². The molecule has 1 atom stereocenters. The molecule has 0 heterocycles. The van der Waals surface area contributed by atoms with E-state index in [1.54, 1.807) is 12.1 Å². The third kappa shape index (κ3) is 2.61. The average molecular weight is 251 g/mol. The molecule has 1 aliphatic rings. The lowest BCUT2D eigenvalue weighted by Crippen LogP contribution is -2.21. The second kappa shape index (κ2) is 4.57. The van der Waals surface area contributed by atoms with Crippen molar-refractivity contribution in [1.82, 2.24) is 5.32 Å². The molecule has 4 nitrogen and oxygen atoms in total. The molecule has 2 rings (SSSR count). The van der Waals surface area contributed by atoms with E-state index in [9.17, 15) is 4.39 Å². The van der Waals surface area contributed by atoms with Crippen molar-refractivity contribution in [2.24, 2.45) is 16.3 Å². The summed E-state index contributed by atoms with van der Waals surface area (Å²) < 4.78 is 13.8. The summed E-state index contributed by atoms with van der Waals surface area (Å²) in [6, 6.07) is 5.04. The van der Waals surface area contributed by atoms with Crippen molar-refractivity contribution >= 4 is 5.84 Å². The second-order valence-corrected chi connectivity index (χ2v) is 5.42. The van der Waals surface area contributed by atoms with Gasteiger partial charge in [-0.3, -0.25) is 0 Å². The molecule has 1 aromatic rings. The van der Waals surface area contributed by atoms with E-state index in [4.69, 9.17) is 10.9 Å². The van der Waals surface area contributed by atoms with E-state index in [0.717, 1.165) is 6.42 Å². The van der Waals surface area contributed by atoms with Crippen LogP contribution >= 0.6 is 0 Å². The van der Waals surface area contributed by atoms with Crippen molar-refractivity contribution in [1.29, 1.82) is 0 Å². The first kappa shape index (κ1) is 12.8. The smallest absolute Gasteiger partial charge is 0.170 e. The molecule has 1 saturated carbocycles. The largest absolute Gasteiger partial charge is 0.409 e. The van der Waals surface area contributed by atoms with Gasteiger partial charge in [0.05, 0.1) is 0 Å². The molecule has 1 unspecified atom stereocenters. The number of hydrogen-bond donors (Lipinski definition) is 3.